The molecule has 3 rings (SSSR count). The molecule has 1 aliphatic carbocycles. The lowest BCUT2D eigenvalue weighted by molar-refractivity contribution is 0.0943. The van der Waals surface area contributed by atoms with Crippen LogP contribution in [0.2, 0.25) is 0 Å². The van der Waals surface area contributed by atoms with Crippen molar-refractivity contribution >= 4 is 43.2 Å². The van der Waals surface area contributed by atoms with Crippen molar-refractivity contribution in [2.45, 2.75) is 45.7 Å². The molecule has 0 bridgehead atoms. The smallest absolute Gasteiger partial charge is 0.261 e. The summed E-state index contributed by atoms with van der Waals surface area (Å²) in [6.07, 6.45) is 2.58. The number of likely N-dealkylation sites (N-methyl/N-ethyl adjacent to an activating group) is 1. The molecule has 1 saturated carbocycles. The molecule has 24 heavy (non-hydrogen) atoms. The van der Waals surface area contributed by atoms with Gasteiger partial charge >= 0.3 is 0 Å². The molecule has 132 valence electrons. The molecule has 0 saturated heterocycles. The number of carbonyl (C=O) groups excluding carboxylic acids is 1. The number of carbonyl (C=O) groups is 1. The summed E-state index contributed by atoms with van der Waals surface area (Å²) in [5.74, 6) is 0.0191. The highest BCUT2D eigenvalue weighted by atomic mass is 32.1. The van der Waals surface area contributed by atoms with E-state index in [1.54, 1.807) is 11.3 Å². The van der Waals surface area contributed by atoms with E-state index in [9.17, 15) is 4.79 Å². The molecule has 1 atom stereocenters. The molecule has 7 heteroatoms. The fourth-order valence-electron chi connectivity index (χ4n) is 2.78. The van der Waals surface area contributed by atoms with E-state index in [-0.39, 0.29) is 5.91 Å². The Bertz CT molecular complexity index is 671. The highest BCUT2D eigenvalue weighted by Gasteiger charge is 2.29. The minimum absolute atomic E-state index is 0.0191. The zero-order valence-electron chi connectivity index (χ0n) is 14.8. The lowest BCUT2D eigenvalue weighted by Crippen LogP contribution is -2.41. The second-order valence-corrected chi connectivity index (χ2v) is 8.44. The van der Waals surface area contributed by atoms with Crippen LogP contribution in [0, 0.1) is 0 Å². The average Bonchev–Trinajstić information content (AvgIpc) is 3.24. The monoisotopic (exact) mass is 366 g/mol. The van der Waals surface area contributed by atoms with E-state index in [0.29, 0.717) is 18.6 Å². The van der Waals surface area contributed by atoms with Gasteiger partial charge in [0.25, 0.3) is 5.91 Å². The third-order valence-corrected chi connectivity index (χ3v) is 6.93. The van der Waals surface area contributed by atoms with Gasteiger partial charge in [0.1, 0.15) is 4.83 Å². The lowest BCUT2D eigenvalue weighted by Gasteiger charge is -2.24. The second-order valence-electron chi connectivity index (χ2n) is 6.40. The highest BCUT2D eigenvalue weighted by Crippen LogP contribution is 2.34. The summed E-state index contributed by atoms with van der Waals surface area (Å²) >= 11 is 3.16. The summed E-state index contributed by atoms with van der Waals surface area (Å²) in [5, 5.41) is 4.12. The molecular formula is C17H26N4OS2. The Morgan fingerprint density at radius 3 is 2.67 bits per heavy atom. The molecule has 1 aliphatic rings. The van der Waals surface area contributed by atoms with Gasteiger partial charge < -0.3 is 10.2 Å². The van der Waals surface area contributed by atoms with Gasteiger partial charge in [-0.3, -0.25) is 9.69 Å². The van der Waals surface area contributed by atoms with Crippen molar-refractivity contribution in [1.82, 2.24) is 15.2 Å². The van der Waals surface area contributed by atoms with Crippen LogP contribution in [0.5, 0.6) is 0 Å². The van der Waals surface area contributed by atoms with Crippen LogP contribution in [0.3, 0.4) is 0 Å². The van der Waals surface area contributed by atoms with Crippen LogP contribution in [0.25, 0.3) is 9.53 Å². The lowest BCUT2D eigenvalue weighted by atomic mass is 10.3. The van der Waals surface area contributed by atoms with E-state index < -0.39 is 0 Å². The van der Waals surface area contributed by atoms with E-state index in [4.69, 9.17) is 0 Å². The molecule has 1 fully saturated rings. The first-order valence-corrected chi connectivity index (χ1v) is 10.3. The Morgan fingerprint density at radius 1 is 1.38 bits per heavy atom. The van der Waals surface area contributed by atoms with Gasteiger partial charge in [-0.2, -0.15) is 0 Å². The predicted molar refractivity (Wildman–Crippen MR) is 104 cm³/mol. The summed E-state index contributed by atoms with van der Waals surface area (Å²) in [6, 6.07) is 3.07. The number of hydrogen-bond acceptors (Lipinski definition) is 6. The van der Waals surface area contributed by atoms with Crippen LogP contribution in [0.15, 0.2) is 6.07 Å². The Labute approximate surface area is 151 Å². The normalized spacial score (nSPS) is 15.9. The minimum Gasteiger partial charge on any atom is -0.350 e. The topological polar surface area (TPSA) is 48.5 Å². The van der Waals surface area contributed by atoms with Gasteiger partial charge in [-0.25, -0.2) is 4.98 Å². The fraction of sp³-hybridized carbons (Fsp3) is 0.647. The molecule has 5 nitrogen and oxygen atoms in total. The van der Waals surface area contributed by atoms with Gasteiger partial charge in [0.2, 0.25) is 0 Å². The molecule has 0 aliphatic heterocycles. The maximum Gasteiger partial charge on any atom is 0.261 e. The molecule has 0 radical (unpaired) electrons. The van der Waals surface area contributed by atoms with Crippen LogP contribution in [0.1, 0.15) is 43.3 Å². The van der Waals surface area contributed by atoms with Crippen molar-refractivity contribution < 1.29 is 4.79 Å². The SMILES string of the molecule is CCN(CC)c1nc2sc(C(=O)NCC(C)N(C)C3CC3)cc2s1. The standard InChI is InChI=1S/C17H26N4OS2/c1-5-21(6-2)17-19-16-14(24-17)9-13(23-16)15(22)18-10-11(3)20(4)12-7-8-12/h9,11-12H,5-8,10H2,1-4H3,(H,18,22). The van der Waals surface area contributed by atoms with E-state index in [2.05, 4.69) is 47.9 Å². The average molecular weight is 367 g/mol. The van der Waals surface area contributed by atoms with E-state index in [1.165, 1.54) is 24.2 Å². The van der Waals surface area contributed by atoms with E-state index in [0.717, 1.165) is 32.6 Å². The van der Waals surface area contributed by atoms with Crippen molar-refractivity contribution in [3.8, 4) is 0 Å². The molecular weight excluding hydrogens is 340 g/mol. The maximum absolute atomic E-state index is 12.4. The van der Waals surface area contributed by atoms with Crippen molar-refractivity contribution in [2.75, 3.05) is 31.6 Å². The first kappa shape index (κ1) is 17.6. The Hall–Kier alpha value is -1.18. The molecule has 2 aromatic rings. The predicted octanol–water partition coefficient (Wildman–Crippen LogP) is 3.42. The first-order chi connectivity index (χ1) is 11.5. The van der Waals surface area contributed by atoms with Gasteiger partial charge in [0.15, 0.2) is 5.13 Å². The third kappa shape index (κ3) is 3.73. The zero-order chi connectivity index (χ0) is 17.3. The van der Waals surface area contributed by atoms with Crippen LogP contribution >= 0.6 is 22.7 Å². The molecule has 1 N–H and O–H groups in total. The summed E-state index contributed by atoms with van der Waals surface area (Å²) in [4.78, 5) is 23.4. The Balaban J connectivity index is 1.61. The number of thiazole rings is 1. The van der Waals surface area contributed by atoms with Gasteiger partial charge in [0.05, 0.1) is 9.58 Å². The van der Waals surface area contributed by atoms with Gasteiger partial charge in [-0.15, -0.1) is 11.3 Å². The summed E-state index contributed by atoms with van der Waals surface area (Å²) < 4.78 is 1.11. The molecule has 2 heterocycles. The number of anilines is 1. The quantitative estimate of drug-likeness (QED) is 0.778. The van der Waals surface area contributed by atoms with Crippen LogP contribution < -0.4 is 10.2 Å². The fourth-order valence-corrected chi connectivity index (χ4v) is 5.03. The van der Waals surface area contributed by atoms with Crippen LogP contribution in [0.4, 0.5) is 5.13 Å². The largest absolute Gasteiger partial charge is 0.350 e. The number of aromatic nitrogens is 1. The van der Waals surface area contributed by atoms with Crippen LogP contribution in [-0.2, 0) is 0 Å². The number of fused-ring (bicyclic) bond motifs is 1. The maximum atomic E-state index is 12.4. The van der Waals surface area contributed by atoms with Gasteiger partial charge in [-0.05, 0) is 46.7 Å². The summed E-state index contributed by atoms with van der Waals surface area (Å²) in [6.45, 7) is 9.04. The molecule has 2 aromatic heterocycles. The Kier molecular flexibility index (Phi) is 5.42. The molecule has 0 aromatic carbocycles. The van der Waals surface area contributed by atoms with Crippen molar-refractivity contribution in [1.29, 1.82) is 0 Å². The number of amides is 1. The minimum atomic E-state index is 0.0191. The van der Waals surface area contributed by atoms with Crippen molar-refractivity contribution in [3.05, 3.63) is 10.9 Å². The highest BCUT2D eigenvalue weighted by molar-refractivity contribution is 7.29. The van der Waals surface area contributed by atoms with Crippen LogP contribution in [-0.4, -0.2) is 54.6 Å². The van der Waals surface area contributed by atoms with Crippen molar-refractivity contribution in [2.24, 2.45) is 0 Å². The number of nitrogens with zero attached hydrogens (tertiary/aromatic N) is 3. The van der Waals surface area contributed by atoms with E-state index in [1.807, 2.05) is 6.07 Å². The molecule has 1 unspecified atom stereocenters. The first-order valence-electron chi connectivity index (χ1n) is 8.68. The van der Waals surface area contributed by atoms with Gasteiger partial charge in [-0.1, -0.05) is 11.3 Å². The molecule has 1 amide bonds. The second kappa shape index (κ2) is 7.37. The summed E-state index contributed by atoms with van der Waals surface area (Å²) in [7, 11) is 2.15. The van der Waals surface area contributed by atoms with E-state index >= 15 is 0 Å². The van der Waals surface area contributed by atoms with Crippen molar-refractivity contribution in [3.63, 3.8) is 0 Å². The molecule has 0 spiro atoms. The number of thiophene rings is 1. The number of hydrogen-bond donors (Lipinski definition) is 1. The number of rotatable bonds is 8. The summed E-state index contributed by atoms with van der Waals surface area (Å²) in [5.41, 5.74) is 0. The number of nitrogens with one attached hydrogen (secondary N) is 1. The third-order valence-electron chi connectivity index (χ3n) is 4.71. The van der Waals surface area contributed by atoms with Gasteiger partial charge in [0, 0.05) is 31.7 Å². The Morgan fingerprint density at radius 2 is 2.08 bits per heavy atom. The zero-order valence-corrected chi connectivity index (χ0v) is 16.5.